The van der Waals surface area contributed by atoms with Gasteiger partial charge < -0.3 is 10.8 Å². The van der Waals surface area contributed by atoms with Crippen molar-refractivity contribution in [1.29, 1.82) is 0 Å². The van der Waals surface area contributed by atoms with Crippen LogP contribution in [-0.2, 0) is 0 Å². The lowest BCUT2D eigenvalue weighted by Crippen LogP contribution is -2.51. The molecule has 0 aliphatic heterocycles. The average Bonchev–Trinajstić information content (AvgIpc) is 2.03. The van der Waals surface area contributed by atoms with E-state index in [4.69, 9.17) is 5.73 Å². The summed E-state index contributed by atoms with van der Waals surface area (Å²) in [6, 6.07) is 0.565. The van der Waals surface area contributed by atoms with Crippen molar-refractivity contribution in [2.24, 2.45) is 11.7 Å². The fourth-order valence-corrected chi connectivity index (χ4v) is 1.65. The molecule has 0 saturated heterocycles. The third kappa shape index (κ3) is 4.40. The Morgan fingerprint density at radius 3 is 2.00 bits per heavy atom. The molecule has 0 aliphatic carbocycles. The van der Waals surface area contributed by atoms with Gasteiger partial charge in [-0.25, -0.2) is 0 Å². The monoisotopic (exact) mass is 202 g/mol. The van der Waals surface area contributed by atoms with Gasteiger partial charge in [-0.1, -0.05) is 13.8 Å². The van der Waals surface area contributed by atoms with Crippen LogP contribution in [0.25, 0.3) is 0 Å². The van der Waals surface area contributed by atoms with Crippen LogP contribution < -0.4 is 5.73 Å². The lowest BCUT2D eigenvalue weighted by atomic mass is 9.97. The lowest BCUT2D eigenvalue weighted by Gasteiger charge is -2.34. The molecule has 3 nitrogen and oxygen atoms in total. The van der Waals surface area contributed by atoms with Crippen LogP contribution in [0.5, 0.6) is 0 Å². The SMILES string of the molecule is CC(C)CC(N)C(CO)N(C)C(C)C. The molecule has 0 saturated carbocycles. The van der Waals surface area contributed by atoms with Gasteiger partial charge in [0, 0.05) is 18.1 Å². The summed E-state index contributed by atoms with van der Waals surface area (Å²) in [5.41, 5.74) is 6.07. The zero-order valence-electron chi connectivity index (χ0n) is 10.2. The van der Waals surface area contributed by atoms with Crippen molar-refractivity contribution in [3.05, 3.63) is 0 Å². The molecule has 14 heavy (non-hydrogen) atoms. The van der Waals surface area contributed by atoms with E-state index in [1.807, 2.05) is 7.05 Å². The van der Waals surface area contributed by atoms with E-state index in [0.717, 1.165) is 6.42 Å². The summed E-state index contributed by atoms with van der Waals surface area (Å²) in [6.45, 7) is 8.69. The van der Waals surface area contributed by atoms with E-state index in [-0.39, 0.29) is 18.7 Å². The molecule has 0 aliphatic rings. The van der Waals surface area contributed by atoms with E-state index in [2.05, 4.69) is 32.6 Å². The second-order valence-corrected chi connectivity index (χ2v) is 4.80. The molecule has 0 aromatic heterocycles. The van der Waals surface area contributed by atoms with Crippen molar-refractivity contribution in [3.8, 4) is 0 Å². The van der Waals surface area contributed by atoms with E-state index in [1.54, 1.807) is 0 Å². The minimum absolute atomic E-state index is 0.0624. The van der Waals surface area contributed by atoms with E-state index in [9.17, 15) is 5.11 Å². The van der Waals surface area contributed by atoms with Crippen LogP contribution >= 0.6 is 0 Å². The first-order chi connectivity index (χ1) is 6.40. The maximum Gasteiger partial charge on any atom is 0.0601 e. The maximum atomic E-state index is 9.31. The fraction of sp³-hybridized carbons (Fsp3) is 1.00. The molecular weight excluding hydrogens is 176 g/mol. The van der Waals surface area contributed by atoms with Crippen molar-refractivity contribution in [2.75, 3.05) is 13.7 Å². The van der Waals surface area contributed by atoms with Gasteiger partial charge in [-0.15, -0.1) is 0 Å². The molecule has 2 unspecified atom stereocenters. The topological polar surface area (TPSA) is 49.5 Å². The largest absolute Gasteiger partial charge is 0.395 e. The normalized spacial score (nSPS) is 16.7. The quantitative estimate of drug-likeness (QED) is 0.677. The van der Waals surface area contributed by atoms with Gasteiger partial charge >= 0.3 is 0 Å². The number of hydrogen-bond acceptors (Lipinski definition) is 3. The van der Waals surface area contributed by atoms with Crippen LogP contribution in [0.15, 0.2) is 0 Å². The molecule has 3 heteroatoms. The molecule has 0 heterocycles. The molecule has 2 atom stereocenters. The molecule has 3 N–H and O–H groups in total. The number of hydrogen-bond donors (Lipinski definition) is 2. The summed E-state index contributed by atoms with van der Waals surface area (Å²) in [6.07, 6.45) is 0.961. The Balaban J connectivity index is 4.24. The van der Waals surface area contributed by atoms with E-state index < -0.39 is 0 Å². The Morgan fingerprint density at radius 1 is 1.21 bits per heavy atom. The molecule has 0 spiro atoms. The highest BCUT2D eigenvalue weighted by Gasteiger charge is 2.23. The third-order valence-electron chi connectivity index (χ3n) is 2.76. The fourth-order valence-electron chi connectivity index (χ4n) is 1.65. The van der Waals surface area contributed by atoms with Crippen LogP contribution in [0.2, 0.25) is 0 Å². The van der Waals surface area contributed by atoms with Gasteiger partial charge in [-0.05, 0) is 33.2 Å². The predicted molar refractivity (Wildman–Crippen MR) is 61.2 cm³/mol. The van der Waals surface area contributed by atoms with E-state index >= 15 is 0 Å². The van der Waals surface area contributed by atoms with Crippen molar-refractivity contribution in [1.82, 2.24) is 4.90 Å². The number of likely N-dealkylation sites (N-methyl/N-ethyl adjacent to an activating group) is 1. The smallest absolute Gasteiger partial charge is 0.0601 e. The van der Waals surface area contributed by atoms with Crippen molar-refractivity contribution >= 4 is 0 Å². The van der Waals surface area contributed by atoms with Gasteiger partial charge in [-0.2, -0.15) is 0 Å². The van der Waals surface area contributed by atoms with Crippen molar-refractivity contribution in [2.45, 2.75) is 52.2 Å². The lowest BCUT2D eigenvalue weighted by molar-refractivity contribution is 0.0970. The zero-order chi connectivity index (χ0) is 11.3. The molecule has 0 aromatic rings. The summed E-state index contributed by atoms with van der Waals surface area (Å²) in [7, 11) is 2.02. The predicted octanol–water partition coefficient (Wildman–Crippen LogP) is 1.06. The van der Waals surface area contributed by atoms with Gasteiger partial charge in [0.1, 0.15) is 0 Å². The molecule has 0 rings (SSSR count). The first kappa shape index (κ1) is 13.9. The molecule has 0 bridgehead atoms. The highest BCUT2D eigenvalue weighted by Crippen LogP contribution is 2.12. The Labute approximate surface area is 88.3 Å². The second kappa shape index (κ2) is 6.38. The summed E-state index contributed by atoms with van der Waals surface area (Å²) >= 11 is 0. The molecule has 86 valence electrons. The number of aliphatic hydroxyl groups excluding tert-OH is 1. The van der Waals surface area contributed by atoms with Gasteiger partial charge in [0.15, 0.2) is 0 Å². The van der Waals surface area contributed by atoms with Crippen LogP contribution in [0.4, 0.5) is 0 Å². The molecule has 0 radical (unpaired) electrons. The Kier molecular flexibility index (Phi) is 6.33. The Hall–Kier alpha value is -0.120. The minimum atomic E-state index is 0.0624. The second-order valence-electron chi connectivity index (χ2n) is 4.80. The van der Waals surface area contributed by atoms with Crippen molar-refractivity contribution in [3.63, 3.8) is 0 Å². The average molecular weight is 202 g/mol. The summed E-state index contributed by atoms with van der Waals surface area (Å²) in [4.78, 5) is 2.15. The Bertz CT molecular complexity index is 148. The van der Waals surface area contributed by atoms with Crippen LogP contribution in [0.3, 0.4) is 0 Å². The standard InChI is InChI=1S/C11H26N2O/c1-8(2)6-10(12)11(7-14)13(5)9(3)4/h8-11,14H,6-7,12H2,1-5H3. The zero-order valence-corrected chi connectivity index (χ0v) is 10.2. The van der Waals surface area contributed by atoms with Gasteiger partial charge in [0.2, 0.25) is 0 Å². The Morgan fingerprint density at radius 2 is 1.71 bits per heavy atom. The van der Waals surface area contributed by atoms with Crippen LogP contribution in [-0.4, -0.2) is 41.8 Å². The van der Waals surface area contributed by atoms with Gasteiger partial charge in [-0.3, -0.25) is 4.90 Å². The van der Waals surface area contributed by atoms with Gasteiger partial charge in [0.05, 0.1) is 6.61 Å². The number of nitrogens with two attached hydrogens (primary N) is 1. The van der Waals surface area contributed by atoms with Crippen LogP contribution in [0, 0.1) is 5.92 Å². The number of rotatable bonds is 6. The minimum Gasteiger partial charge on any atom is -0.395 e. The summed E-state index contributed by atoms with van der Waals surface area (Å²) < 4.78 is 0. The van der Waals surface area contributed by atoms with E-state index in [1.165, 1.54) is 0 Å². The molecule has 0 fully saturated rings. The molecule has 0 aromatic carbocycles. The number of nitrogens with zero attached hydrogens (tertiary/aromatic N) is 1. The molecule has 0 amide bonds. The highest BCUT2D eigenvalue weighted by molar-refractivity contribution is 4.82. The highest BCUT2D eigenvalue weighted by atomic mass is 16.3. The summed E-state index contributed by atoms with van der Waals surface area (Å²) in [5, 5.41) is 9.31. The van der Waals surface area contributed by atoms with Crippen LogP contribution in [0.1, 0.15) is 34.1 Å². The maximum absolute atomic E-state index is 9.31. The first-order valence-electron chi connectivity index (χ1n) is 5.48. The third-order valence-corrected chi connectivity index (χ3v) is 2.76. The first-order valence-corrected chi connectivity index (χ1v) is 5.48. The van der Waals surface area contributed by atoms with Gasteiger partial charge in [0.25, 0.3) is 0 Å². The van der Waals surface area contributed by atoms with E-state index in [0.29, 0.717) is 12.0 Å². The number of aliphatic hydroxyl groups is 1. The van der Waals surface area contributed by atoms with Crippen molar-refractivity contribution < 1.29 is 5.11 Å². The molecular formula is C11H26N2O. The summed E-state index contributed by atoms with van der Waals surface area (Å²) in [5.74, 6) is 0.583.